The Labute approximate surface area is 536 Å². The zero-order valence-electron chi connectivity index (χ0n) is 61.8. The number of para-hydroxylation sites is 1. The van der Waals surface area contributed by atoms with Crippen molar-refractivity contribution in [1.82, 2.24) is 28.8 Å². The molecule has 6 heterocycles. The fourth-order valence-corrected chi connectivity index (χ4v) is 9.34. The Kier molecular flexibility index (Phi) is 45.1. The normalized spacial score (nSPS) is 15.7. The SMILES string of the molecule is CC.CC.CC.CC.CC.CC.CC.CC.CC.CC.Cc1c(-c2n(-c3ccccc3)cc[n+]2C)cccc1N1C=CN(C)[C@H]1C.Cc1c(N2C=CN(C)[C@H]2C)cccc1-n1ccc[n+]1C.Cc1c(N2C=CN(C)[C@H]2C)cccc1N1C=CN(C)[C@@H]1C. The summed E-state index contributed by atoms with van der Waals surface area (Å²) in [4.78, 5) is 18.2. The van der Waals surface area contributed by atoms with Crippen LogP contribution in [0.3, 0.4) is 0 Å². The first-order chi connectivity index (χ1) is 42.2. The van der Waals surface area contributed by atoms with Gasteiger partial charge in [-0.1, -0.05) is 175 Å². The van der Waals surface area contributed by atoms with Crippen molar-refractivity contribution >= 4 is 22.7 Å². The van der Waals surface area contributed by atoms with Crippen molar-refractivity contribution in [3.05, 3.63) is 182 Å². The maximum Gasteiger partial charge on any atom is 0.294 e. The second kappa shape index (κ2) is 46.8. The molecule has 0 saturated carbocycles. The molecule has 4 aliphatic heterocycles. The summed E-state index contributed by atoms with van der Waals surface area (Å²) in [6.07, 6.45) is 26.9. The van der Waals surface area contributed by atoms with Crippen molar-refractivity contribution in [2.45, 2.75) is 212 Å². The first-order valence-corrected chi connectivity index (χ1v) is 33.4. The third-order valence-corrected chi connectivity index (χ3v) is 14.2. The van der Waals surface area contributed by atoms with Gasteiger partial charge in [-0.05, 0) is 108 Å². The summed E-state index contributed by atoms with van der Waals surface area (Å²) in [7, 11) is 12.6. The number of hydrogen-bond donors (Lipinski definition) is 0. The molecule has 0 bridgehead atoms. The first kappa shape index (κ1) is 83.9. The molecule has 4 atom stereocenters. The molecule has 0 N–H and O–H groups in total. The molecule has 10 rings (SSSR count). The summed E-state index contributed by atoms with van der Waals surface area (Å²) < 4.78 is 8.68. The van der Waals surface area contributed by atoms with E-state index in [1.165, 1.54) is 62.2 Å². The molecule has 2 aromatic heterocycles. The van der Waals surface area contributed by atoms with Gasteiger partial charge >= 0.3 is 0 Å². The fraction of sp³-hybridized carbons (Fsp3) is 0.493. The van der Waals surface area contributed by atoms with Crippen LogP contribution in [-0.4, -0.2) is 81.7 Å². The van der Waals surface area contributed by atoms with Crippen LogP contribution in [0.1, 0.15) is 183 Å². The molecule has 0 unspecified atom stereocenters. The van der Waals surface area contributed by atoms with Gasteiger partial charge in [-0.2, -0.15) is 4.57 Å². The van der Waals surface area contributed by atoms with E-state index >= 15 is 0 Å². The minimum absolute atomic E-state index is 0.318. The minimum Gasteiger partial charge on any atom is -0.359 e. The second-order valence-electron chi connectivity index (χ2n) is 18.2. The van der Waals surface area contributed by atoms with Gasteiger partial charge in [-0.15, -0.1) is 9.36 Å². The van der Waals surface area contributed by atoms with E-state index in [-0.39, 0.29) is 0 Å². The molecule has 12 nitrogen and oxygen atoms in total. The predicted octanol–water partition coefficient (Wildman–Crippen LogP) is 19.4. The van der Waals surface area contributed by atoms with Gasteiger partial charge in [0.2, 0.25) is 0 Å². The van der Waals surface area contributed by atoms with Crippen molar-refractivity contribution in [2.24, 2.45) is 14.1 Å². The van der Waals surface area contributed by atoms with Gasteiger partial charge in [0.25, 0.3) is 5.82 Å². The van der Waals surface area contributed by atoms with Gasteiger partial charge in [0.05, 0.1) is 18.8 Å². The molecule has 0 spiro atoms. The maximum atomic E-state index is 2.33. The largest absolute Gasteiger partial charge is 0.359 e. The lowest BCUT2D eigenvalue weighted by atomic mass is 10.0. The summed E-state index contributed by atoms with van der Waals surface area (Å²) in [6, 6.07) is 32.1. The monoisotopic (exact) mass is 1200 g/mol. The molecule has 4 aliphatic rings. The molecule has 488 valence electrons. The van der Waals surface area contributed by atoms with E-state index in [1.54, 1.807) is 0 Å². The first-order valence-electron chi connectivity index (χ1n) is 33.4. The predicted molar refractivity (Wildman–Crippen MR) is 389 cm³/mol. The van der Waals surface area contributed by atoms with E-state index in [9.17, 15) is 0 Å². The molecule has 0 radical (unpaired) electrons. The molecule has 6 aromatic rings. The molecule has 0 amide bonds. The quantitative estimate of drug-likeness (QED) is 0.147. The van der Waals surface area contributed by atoms with E-state index < -0.39 is 0 Å². The number of nitrogens with zero attached hydrogens (tertiary/aromatic N) is 12. The lowest BCUT2D eigenvalue weighted by Crippen LogP contribution is -2.37. The molecule has 4 aromatic carbocycles. The number of rotatable bonds is 7. The Bertz CT molecular complexity index is 2760. The van der Waals surface area contributed by atoms with Gasteiger partial charge in [0.15, 0.2) is 13.2 Å². The Morgan fingerprint density at radius 3 is 0.943 bits per heavy atom. The Hall–Kier alpha value is -7.34. The zero-order chi connectivity index (χ0) is 67.7. The number of anilines is 4. The second-order valence-corrected chi connectivity index (χ2v) is 18.2. The van der Waals surface area contributed by atoms with Gasteiger partial charge in [0.1, 0.15) is 48.4 Å². The minimum atomic E-state index is 0.318. The molecule has 0 aliphatic carbocycles. The lowest BCUT2D eigenvalue weighted by molar-refractivity contribution is -0.744. The molecule has 0 saturated heterocycles. The standard InChI is InChI=1S/C22H25N4.C17H24N4.C16H21N4.10C2H6/c1-17-20(11-8-12-21(17)25-15-13-23(3)18(25)2)22-24(4)14-16-26(22)19-9-6-5-7-10-19;1-13-16(20-11-9-18(4)14(20)2)7-6-8-17(13)21-12-10-19(5)15(21)3;1-13-15(19-12-11-17(3)14(19)2)7-5-8-16(13)20-10-6-9-18(20)4;10*1-2/h5-16,18H,1-4H3;6-12,14-15H,1-5H3;5-12,14H,1-4H3;10*1-2H3/q+1;;+1;;;;;;;;;;/t18-;14-,15+;14-;;;;;;;;;;/m1.1........../s1. The van der Waals surface area contributed by atoms with Crippen molar-refractivity contribution in [1.29, 1.82) is 0 Å². The highest BCUT2D eigenvalue weighted by Crippen LogP contribution is 2.37. The number of hydrogen-bond acceptors (Lipinski definition) is 8. The van der Waals surface area contributed by atoms with Crippen LogP contribution in [0.2, 0.25) is 0 Å². The molecule has 87 heavy (non-hydrogen) atoms. The van der Waals surface area contributed by atoms with Crippen LogP contribution >= 0.6 is 0 Å². The zero-order valence-corrected chi connectivity index (χ0v) is 61.8. The summed E-state index contributed by atoms with van der Waals surface area (Å²) in [5.74, 6) is 1.18. The van der Waals surface area contributed by atoms with E-state index in [4.69, 9.17) is 0 Å². The summed E-state index contributed by atoms with van der Waals surface area (Å²) in [5, 5.41) is 0. The van der Waals surface area contributed by atoms with Gasteiger partial charge in [-0.25, -0.2) is 4.57 Å². The lowest BCUT2D eigenvalue weighted by Gasteiger charge is -2.32. The smallest absolute Gasteiger partial charge is 0.294 e. The third kappa shape index (κ3) is 21.8. The highest BCUT2D eigenvalue weighted by Gasteiger charge is 2.29. The van der Waals surface area contributed by atoms with Crippen molar-refractivity contribution in [3.8, 4) is 22.8 Å². The molecule has 12 heteroatoms. The van der Waals surface area contributed by atoms with Crippen molar-refractivity contribution < 1.29 is 9.25 Å². The fourth-order valence-electron chi connectivity index (χ4n) is 9.34. The number of benzene rings is 4. The highest BCUT2D eigenvalue weighted by molar-refractivity contribution is 5.72. The van der Waals surface area contributed by atoms with Gasteiger partial charge in [-0.3, -0.25) is 0 Å². The Morgan fingerprint density at radius 2 is 0.632 bits per heavy atom. The van der Waals surface area contributed by atoms with E-state index in [2.05, 4.69) is 314 Å². The number of aromatic nitrogens is 4. The van der Waals surface area contributed by atoms with Crippen LogP contribution in [0.15, 0.2) is 165 Å². The van der Waals surface area contributed by atoms with Crippen molar-refractivity contribution in [3.63, 3.8) is 0 Å². The van der Waals surface area contributed by atoms with Crippen LogP contribution in [0.5, 0.6) is 0 Å². The van der Waals surface area contributed by atoms with Gasteiger partial charge in [0, 0.05) is 112 Å². The van der Waals surface area contributed by atoms with Crippen LogP contribution < -0.4 is 28.8 Å². The van der Waals surface area contributed by atoms with Crippen LogP contribution in [0, 0.1) is 20.8 Å². The molecular weight excluding hydrogens is 1070 g/mol. The van der Waals surface area contributed by atoms with Crippen LogP contribution in [0.25, 0.3) is 22.8 Å². The van der Waals surface area contributed by atoms with Crippen LogP contribution in [-0.2, 0) is 14.1 Å². The number of aryl methyl sites for hydroxylation is 2. The Morgan fingerprint density at radius 1 is 0.322 bits per heavy atom. The van der Waals surface area contributed by atoms with E-state index in [0.29, 0.717) is 24.7 Å². The molecular formula is C75H130N12+2. The average molecular weight is 1200 g/mol. The topological polar surface area (TPSA) is 43.5 Å². The average Bonchev–Trinajstić information content (AvgIpc) is 2.43. The number of imidazole rings is 1. The van der Waals surface area contributed by atoms with Gasteiger partial charge < -0.3 is 39.2 Å². The van der Waals surface area contributed by atoms with Crippen molar-refractivity contribution in [2.75, 3.05) is 47.8 Å². The summed E-state index contributed by atoms with van der Waals surface area (Å²) in [5.41, 5.74) is 12.6. The third-order valence-electron chi connectivity index (χ3n) is 14.2. The summed E-state index contributed by atoms with van der Waals surface area (Å²) in [6.45, 7) is 55.5. The molecule has 0 fully saturated rings. The maximum absolute atomic E-state index is 2.33. The van der Waals surface area contributed by atoms with Crippen LogP contribution in [0.4, 0.5) is 22.7 Å². The Balaban J connectivity index is -0.00000107. The highest BCUT2D eigenvalue weighted by atomic mass is 15.4. The summed E-state index contributed by atoms with van der Waals surface area (Å²) >= 11 is 0. The van der Waals surface area contributed by atoms with E-state index in [0.717, 1.165) is 0 Å². The van der Waals surface area contributed by atoms with E-state index in [1.807, 2.05) is 138 Å².